The van der Waals surface area contributed by atoms with Gasteiger partial charge in [-0.2, -0.15) is 0 Å². The molecule has 24 heavy (non-hydrogen) atoms. The van der Waals surface area contributed by atoms with Crippen molar-refractivity contribution in [2.45, 2.75) is 46.4 Å². The van der Waals surface area contributed by atoms with Gasteiger partial charge in [0, 0.05) is 17.6 Å². The minimum absolute atomic E-state index is 0.106. The summed E-state index contributed by atoms with van der Waals surface area (Å²) in [5.74, 6) is -0.0667. The van der Waals surface area contributed by atoms with Crippen LogP contribution < -0.4 is 16.0 Å². The molecule has 0 aliphatic carbocycles. The molecule has 0 aliphatic rings. The van der Waals surface area contributed by atoms with Gasteiger partial charge in [-0.25, -0.2) is 9.38 Å². The van der Waals surface area contributed by atoms with Crippen LogP contribution in [0.5, 0.6) is 0 Å². The number of aliphatic hydroxyl groups excluding tert-OH is 1. The van der Waals surface area contributed by atoms with E-state index >= 15 is 0 Å². The van der Waals surface area contributed by atoms with E-state index in [4.69, 9.17) is 5.11 Å². The number of rotatable bonds is 6. The van der Waals surface area contributed by atoms with E-state index in [2.05, 4.69) is 20.9 Å². The van der Waals surface area contributed by atoms with Gasteiger partial charge in [0.2, 0.25) is 5.91 Å². The predicted octanol–water partition coefficient (Wildman–Crippen LogP) is 1.29. The van der Waals surface area contributed by atoms with Gasteiger partial charge < -0.3 is 21.1 Å². The fraction of sp³-hybridized carbons (Fsp3) is 0.529. The van der Waals surface area contributed by atoms with Crippen LogP contribution in [0.2, 0.25) is 0 Å². The zero-order valence-electron chi connectivity index (χ0n) is 14.7. The van der Waals surface area contributed by atoms with Gasteiger partial charge in [0.05, 0.1) is 19.7 Å². The number of halogens is 1. The first-order chi connectivity index (χ1) is 11.2. The predicted molar refractivity (Wildman–Crippen MR) is 93.0 cm³/mol. The van der Waals surface area contributed by atoms with E-state index in [1.165, 1.54) is 6.07 Å². The number of aliphatic hydroxyl groups is 1. The summed E-state index contributed by atoms with van der Waals surface area (Å²) in [6.45, 7) is 8.38. The SMILES string of the molecule is CCNC(=NCc1ccc(F)c(CO)c1)NCC(=O)NC(C)(C)C. The van der Waals surface area contributed by atoms with Gasteiger partial charge in [-0.05, 0) is 45.4 Å². The van der Waals surface area contributed by atoms with E-state index in [9.17, 15) is 9.18 Å². The Labute approximate surface area is 142 Å². The monoisotopic (exact) mass is 338 g/mol. The number of hydrogen-bond acceptors (Lipinski definition) is 3. The van der Waals surface area contributed by atoms with E-state index in [1.807, 2.05) is 27.7 Å². The molecule has 0 unspecified atom stereocenters. The molecule has 1 aromatic rings. The summed E-state index contributed by atoms with van der Waals surface area (Å²) in [5.41, 5.74) is 0.727. The normalized spacial score (nSPS) is 12.0. The quantitative estimate of drug-likeness (QED) is 0.465. The van der Waals surface area contributed by atoms with Crippen LogP contribution >= 0.6 is 0 Å². The average molecular weight is 338 g/mol. The van der Waals surface area contributed by atoms with Crippen LogP contribution in [-0.4, -0.2) is 35.6 Å². The lowest BCUT2D eigenvalue weighted by Crippen LogP contribution is -2.48. The minimum Gasteiger partial charge on any atom is -0.392 e. The summed E-state index contributed by atoms with van der Waals surface area (Å²) >= 11 is 0. The van der Waals surface area contributed by atoms with Gasteiger partial charge in [0.1, 0.15) is 5.82 Å². The topological polar surface area (TPSA) is 85.8 Å². The minimum atomic E-state index is -0.436. The highest BCUT2D eigenvalue weighted by atomic mass is 19.1. The number of amides is 1. The van der Waals surface area contributed by atoms with Crippen molar-refractivity contribution in [1.82, 2.24) is 16.0 Å². The number of carbonyl (C=O) groups excluding carboxylic acids is 1. The summed E-state index contributed by atoms with van der Waals surface area (Å²) in [6, 6.07) is 4.51. The second-order valence-corrected chi connectivity index (χ2v) is 6.43. The molecule has 1 amide bonds. The van der Waals surface area contributed by atoms with Crippen molar-refractivity contribution in [1.29, 1.82) is 0 Å². The number of guanidine groups is 1. The maximum atomic E-state index is 13.4. The second kappa shape index (κ2) is 9.22. The van der Waals surface area contributed by atoms with Gasteiger partial charge in [0.25, 0.3) is 0 Å². The highest BCUT2D eigenvalue weighted by Gasteiger charge is 2.13. The molecule has 0 saturated heterocycles. The van der Waals surface area contributed by atoms with Crippen molar-refractivity contribution >= 4 is 11.9 Å². The first kappa shape index (κ1) is 19.9. The summed E-state index contributed by atoms with van der Waals surface area (Å²) in [7, 11) is 0. The highest BCUT2D eigenvalue weighted by Crippen LogP contribution is 2.11. The Morgan fingerprint density at radius 1 is 1.29 bits per heavy atom. The van der Waals surface area contributed by atoms with Crippen molar-refractivity contribution in [3.8, 4) is 0 Å². The average Bonchev–Trinajstić information content (AvgIpc) is 2.49. The number of benzene rings is 1. The number of nitrogens with zero attached hydrogens (tertiary/aromatic N) is 1. The van der Waals surface area contributed by atoms with E-state index in [0.29, 0.717) is 19.0 Å². The molecule has 0 atom stereocenters. The van der Waals surface area contributed by atoms with Crippen molar-refractivity contribution in [2.75, 3.05) is 13.1 Å². The molecule has 4 N–H and O–H groups in total. The summed E-state index contributed by atoms with van der Waals surface area (Å²) in [4.78, 5) is 16.2. The lowest BCUT2D eigenvalue weighted by Gasteiger charge is -2.21. The van der Waals surface area contributed by atoms with Crippen LogP contribution in [0.3, 0.4) is 0 Å². The lowest BCUT2D eigenvalue weighted by atomic mass is 10.1. The largest absolute Gasteiger partial charge is 0.392 e. The van der Waals surface area contributed by atoms with E-state index in [1.54, 1.807) is 12.1 Å². The number of nitrogens with one attached hydrogen (secondary N) is 3. The Morgan fingerprint density at radius 3 is 2.58 bits per heavy atom. The van der Waals surface area contributed by atoms with Gasteiger partial charge in [-0.3, -0.25) is 4.79 Å². The fourth-order valence-electron chi connectivity index (χ4n) is 1.99. The van der Waals surface area contributed by atoms with E-state index in [0.717, 1.165) is 5.56 Å². The molecule has 0 heterocycles. The first-order valence-electron chi connectivity index (χ1n) is 7.96. The number of carbonyl (C=O) groups is 1. The zero-order valence-corrected chi connectivity index (χ0v) is 14.7. The van der Waals surface area contributed by atoms with Crippen LogP contribution in [0.25, 0.3) is 0 Å². The Kier molecular flexibility index (Phi) is 7.64. The Balaban J connectivity index is 2.67. The van der Waals surface area contributed by atoms with Crippen LogP contribution in [0, 0.1) is 5.82 Å². The maximum absolute atomic E-state index is 13.4. The second-order valence-electron chi connectivity index (χ2n) is 6.43. The van der Waals surface area contributed by atoms with E-state index < -0.39 is 5.82 Å². The van der Waals surface area contributed by atoms with Crippen LogP contribution in [0.4, 0.5) is 4.39 Å². The standard InChI is InChI=1S/C17H27FN4O2/c1-5-19-16(21-10-15(24)22-17(2,3)4)20-9-12-6-7-14(18)13(8-12)11-23/h6-8,23H,5,9-11H2,1-4H3,(H,22,24)(H2,19,20,21). The number of hydrogen-bond donors (Lipinski definition) is 4. The third kappa shape index (κ3) is 7.41. The molecular formula is C17H27FN4O2. The molecule has 0 aromatic heterocycles. The van der Waals surface area contributed by atoms with Crippen molar-refractivity contribution in [3.63, 3.8) is 0 Å². The molecule has 0 saturated carbocycles. The zero-order chi connectivity index (χ0) is 18.2. The molecule has 0 spiro atoms. The molecule has 0 fully saturated rings. The van der Waals surface area contributed by atoms with Gasteiger partial charge in [0.15, 0.2) is 5.96 Å². The molecule has 1 aromatic carbocycles. The van der Waals surface area contributed by atoms with E-state index in [-0.39, 0.29) is 30.2 Å². The fourth-order valence-corrected chi connectivity index (χ4v) is 1.99. The Bertz CT molecular complexity index is 582. The van der Waals surface area contributed by atoms with Crippen LogP contribution in [0.15, 0.2) is 23.2 Å². The van der Waals surface area contributed by atoms with Gasteiger partial charge in [-0.15, -0.1) is 0 Å². The van der Waals surface area contributed by atoms with Crippen LogP contribution in [-0.2, 0) is 17.9 Å². The lowest BCUT2D eigenvalue weighted by molar-refractivity contribution is -0.121. The van der Waals surface area contributed by atoms with Gasteiger partial charge in [-0.1, -0.05) is 6.07 Å². The third-order valence-electron chi connectivity index (χ3n) is 2.98. The summed E-state index contributed by atoms with van der Waals surface area (Å²) < 4.78 is 13.4. The molecule has 134 valence electrons. The molecule has 1 rings (SSSR count). The Hall–Kier alpha value is -2.15. The summed E-state index contributed by atoms with van der Waals surface area (Å²) in [5, 5.41) is 18.0. The van der Waals surface area contributed by atoms with Crippen molar-refractivity contribution in [2.24, 2.45) is 4.99 Å². The van der Waals surface area contributed by atoms with Crippen molar-refractivity contribution in [3.05, 3.63) is 35.1 Å². The smallest absolute Gasteiger partial charge is 0.239 e. The summed E-state index contributed by atoms with van der Waals surface area (Å²) in [6.07, 6.45) is 0. The molecular weight excluding hydrogens is 311 g/mol. The van der Waals surface area contributed by atoms with Gasteiger partial charge >= 0.3 is 0 Å². The maximum Gasteiger partial charge on any atom is 0.239 e. The first-order valence-corrected chi connectivity index (χ1v) is 7.96. The molecule has 0 aliphatic heterocycles. The molecule has 0 bridgehead atoms. The molecule has 6 nitrogen and oxygen atoms in total. The molecule has 7 heteroatoms. The highest BCUT2D eigenvalue weighted by molar-refractivity contribution is 5.86. The third-order valence-corrected chi connectivity index (χ3v) is 2.98. The molecule has 0 radical (unpaired) electrons. The van der Waals surface area contributed by atoms with Crippen LogP contribution in [0.1, 0.15) is 38.8 Å². The Morgan fingerprint density at radius 2 is 2.00 bits per heavy atom. The van der Waals surface area contributed by atoms with Crippen molar-refractivity contribution < 1.29 is 14.3 Å². The number of aliphatic imine (C=N–C) groups is 1.